The van der Waals surface area contributed by atoms with Crippen LogP contribution < -0.4 is 4.90 Å². The van der Waals surface area contributed by atoms with E-state index in [1.807, 2.05) is 24.3 Å². The van der Waals surface area contributed by atoms with E-state index in [-0.39, 0.29) is 11.8 Å². The van der Waals surface area contributed by atoms with Crippen molar-refractivity contribution in [2.24, 2.45) is 7.05 Å². The molecule has 12 nitrogen and oxygen atoms in total. The number of nitrogens with zero attached hydrogens (tertiary/aromatic N) is 10. The number of anilines is 1. The molecule has 0 radical (unpaired) electrons. The Labute approximate surface area is 202 Å². The first-order valence-corrected chi connectivity index (χ1v) is 11.9. The van der Waals surface area contributed by atoms with Crippen molar-refractivity contribution in [2.45, 2.75) is 25.4 Å². The van der Waals surface area contributed by atoms with Crippen molar-refractivity contribution < 1.29 is 9.84 Å². The van der Waals surface area contributed by atoms with Gasteiger partial charge >= 0.3 is 0 Å². The highest BCUT2D eigenvalue weighted by molar-refractivity contribution is 5.85. The first-order chi connectivity index (χ1) is 17.2. The van der Waals surface area contributed by atoms with Gasteiger partial charge in [-0.05, 0) is 18.9 Å². The lowest BCUT2D eigenvalue weighted by Crippen LogP contribution is -2.37. The second-order valence-corrected chi connectivity index (χ2v) is 9.11. The molecule has 0 aliphatic carbocycles. The molecule has 2 aliphatic rings. The summed E-state index contributed by atoms with van der Waals surface area (Å²) in [5.41, 5.74) is 3.27. The molecule has 0 saturated carbocycles. The number of hydrogen-bond acceptors (Lipinski definition) is 10. The number of rotatable bonds is 5. The van der Waals surface area contributed by atoms with E-state index in [2.05, 4.69) is 34.6 Å². The van der Waals surface area contributed by atoms with E-state index in [9.17, 15) is 5.11 Å². The molecule has 6 rings (SSSR count). The highest BCUT2D eigenvalue weighted by Crippen LogP contribution is 2.31. The van der Waals surface area contributed by atoms with Gasteiger partial charge in [0.15, 0.2) is 22.8 Å². The molecule has 1 N–H and O–H groups in total. The number of fused-ring (bicyclic) bond motifs is 1. The molecule has 2 fully saturated rings. The maximum atomic E-state index is 9.97. The Hall–Kier alpha value is -3.64. The summed E-state index contributed by atoms with van der Waals surface area (Å²) in [6.07, 6.45) is 8.74. The topological polar surface area (TPSA) is 123 Å². The molecule has 0 bridgehead atoms. The number of imidazole rings is 1. The zero-order valence-electron chi connectivity index (χ0n) is 19.7. The van der Waals surface area contributed by atoms with Crippen LogP contribution in [0.15, 0.2) is 31.0 Å². The highest BCUT2D eigenvalue weighted by Gasteiger charge is 2.27. The Bertz CT molecular complexity index is 1320. The van der Waals surface area contributed by atoms with Gasteiger partial charge in [0.1, 0.15) is 5.75 Å². The van der Waals surface area contributed by atoms with Crippen LogP contribution >= 0.6 is 0 Å². The van der Waals surface area contributed by atoms with Gasteiger partial charge in [-0.2, -0.15) is 0 Å². The third kappa shape index (κ3) is 4.30. The van der Waals surface area contributed by atoms with Gasteiger partial charge in [0.05, 0.1) is 37.5 Å². The fourth-order valence-electron chi connectivity index (χ4n) is 4.82. The van der Waals surface area contributed by atoms with Gasteiger partial charge in [0.25, 0.3) is 0 Å². The molecule has 6 heterocycles. The van der Waals surface area contributed by atoms with Crippen LogP contribution in [0.4, 0.5) is 5.82 Å². The summed E-state index contributed by atoms with van der Waals surface area (Å²) in [6.45, 7) is 5.53. The number of hydrogen-bond donors (Lipinski definition) is 1. The molecule has 0 aromatic carbocycles. The van der Waals surface area contributed by atoms with Crippen LogP contribution in [0.1, 0.15) is 24.6 Å². The average molecular weight is 477 g/mol. The monoisotopic (exact) mass is 476 g/mol. The Morgan fingerprint density at radius 3 is 2.60 bits per heavy atom. The van der Waals surface area contributed by atoms with E-state index in [1.165, 1.54) is 11.9 Å². The maximum absolute atomic E-state index is 9.97. The van der Waals surface area contributed by atoms with Crippen LogP contribution in [0.5, 0.6) is 5.75 Å². The fourth-order valence-corrected chi connectivity index (χ4v) is 4.82. The Balaban J connectivity index is 1.32. The largest absolute Gasteiger partial charge is 0.506 e. The molecule has 4 aromatic rings. The summed E-state index contributed by atoms with van der Waals surface area (Å²) in [4.78, 5) is 22.7. The predicted octanol–water partition coefficient (Wildman–Crippen LogP) is 1.40. The zero-order chi connectivity index (χ0) is 23.8. The molecular weight excluding hydrogens is 448 g/mol. The summed E-state index contributed by atoms with van der Waals surface area (Å²) < 4.78 is 9.57. The number of aromatic hydroxyl groups is 1. The molecule has 35 heavy (non-hydrogen) atoms. The number of aromatic nitrogens is 8. The quantitative estimate of drug-likeness (QED) is 0.452. The number of piperidine rings is 1. The normalized spacial score (nSPS) is 17.9. The van der Waals surface area contributed by atoms with E-state index < -0.39 is 0 Å². The number of pyridine rings is 1. The van der Waals surface area contributed by atoms with Gasteiger partial charge in [-0.25, -0.2) is 19.6 Å². The van der Waals surface area contributed by atoms with Crippen molar-refractivity contribution in [1.29, 1.82) is 0 Å². The summed E-state index contributed by atoms with van der Waals surface area (Å²) >= 11 is 0. The molecule has 2 saturated heterocycles. The lowest BCUT2D eigenvalue weighted by atomic mass is 10.1. The predicted molar refractivity (Wildman–Crippen MR) is 128 cm³/mol. The number of likely N-dealkylation sites (tertiary alicyclic amines) is 1. The second kappa shape index (κ2) is 9.19. The van der Waals surface area contributed by atoms with Crippen molar-refractivity contribution in [3.8, 4) is 17.1 Å². The molecule has 4 aromatic heterocycles. The minimum atomic E-state index is 0.0755. The van der Waals surface area contributed by atoms with E-state index >= 15 is 0 Å². The van der Waals surface area contributed by atoms with Crippen molar-refractivity contribution >= 4 is 17.0 Å². The smallest absolute Gasteiger partial charge is 0.184 e. The standard InChI is InChI=1S/C23H28N10O2/c1-30-15-25-12-18(30)14-31-4-2-17(3-5-31)33-23-20(28-29-33)22(32-6-8-35-9-7-32)26-21(27-23)16-10-19(34)13-24-11-16/h10-13,15,17,34H,2-9,14H2,1H3. The van der Waals surface area contributed by atoms with E-state index in [0.717, 1.165) is 51.4 Å². The maximum Gasteiger partial charge on any atom is 0.184 e. The lowest BCUT2D eigenvalue weighted by Gasteiger charge is -2.32. The number of aryl methyl sites for hydroxylation is 1. The van der Waals surface area contributed by atoms with Crippen LogP contribution in [0.2, 0.25) is 0 Å². The number of morpholine rings is 1. The number of ether oxygens (including phenoxy) is 1. The molecule has 2 aliphatic heterocycles. The Morgan fingerprint density at radius 1 is 1.03 bits per heavy atom. The third-order valence-electron chi connectivity index (χ3n) is 6.80. The zero-order valence-corrected chi connectivity index (χ0v) is 19.7. The first-order valence-electron chi connectivity index (χ1n) is 11.9. The molecule has 12 heteroatoms. The molecule has 0 unspecified atom stereocenters. The highest BCUT2D eigenvalue weighted by atomic mass is 16.5. The van der Waals surface area contributed by atoms with Crippen LogP contribution in [0, 0.1) is 0 Å². The fraction of sp³-hybridized carbons (Fsp3) is 0.478. The first kappa shape index (κ1) is 21.9. The van der Waals surface area contributed by atoms with Crippen molar-refractivity contribution in [3.05, 3.63) is 36.7 Å². The second-order valence-electron chi connectivity index (χ2n) is 9.11. The summed E-state index contributed by atoms with van der Waals surface area (Å²) in [7, 11) is 2.03. The van der Waals surface area contributed by atoms with E-state index in [4.69, 9.17) is 14.7 Å². The molecule has 0 amide bonds. The molecule has 182 valence electrons. The van der Waals surface area contributed by atoms with Crippen molar-refractivity contribution in [2.75, 3.05) is 44.3 Å². The SMILES string of the molecule is Cn1cncc1CN1CCC(n2nnc3c(N4CCOCC4)nc(-c4cncc(O)c4)nc32)CC1. The van der Waals surface area contributed by atoms with Gasteiger partial charge in [0, 0.05) is 57.7 Å². The van der Waals surface area contributed by atoms with Crippen LogP contribution in [0.3, 0.4) is 0 Å². The lowest BCUT2D eigenvalue weighted by molar-refractivity contribution is 0.122. The van der Waals surface area contributed by atoms with Crippen LogP contribution in [0.25, 0.3) is 22.6 Å². The molecular formula is C23H28N10O2. The molecule has 0 spiro atoms. The summed E-state index contributed by atoms with van der Waals surface area (Å²) in [5.74, 6) is 1.32. The Morgan fingerprint density at radius 2 is 1.86 bits per heavy atom. The van der Waals surface area contributed by atoms with E-state index in [0.29, 0.717) is 35.8 Å². The van der Waals surface area contributed by atoms with Gasteiger partial charge in [-0.3, -0.25) is 9.88 Å². The van der Waals surface area contributed by atoms with Gasteiger partial charge in [0.2, 0.25) is 0 Å². The summed E-state index contributed by atoms with van der Waals surface area (Å²) in [6, 6.07) is 1.83. The minimum absolute atomic E-state index is 0.0755. The summed E-state index contributed by atoms with van der Waals surface area (Å²) in [5, 5.41) is 19.1. The molecule has 0 atom stereocenters. The van der Waals surface area contributed by atoms with Gasteiger partial charge < -0.3 is 19.3 Å². The van der Waals surface area contributed by atoms with Crippen LogP contribution in [-0.4, -0.2) is 88.9 Å². The average Bonchev–Trinajstić information content (AvgIpc) is 3.50. The Kier molecular flexibility index (Phi) is 5.74. The van der Waals surface area contributed by atoms with Gasteiger partial charge in [-0.15, -0.1) is 5.10 Å². The van der Waals surface area contributed by atoms with E-state index in [1.54, 1.807) is 12.3 Å². The van der Waals surface area contributed by atoms with Crippen LogP contribution in [-0.2, 0) is 18.3 Å². The van der Waals surface area contributed by atoms with Gasteiger partial charge in [-0.1, -0.05) is 5.21 Å². The van der Waals surface area contributed by atoms with Crippen molar-refractivity contribution in [3.63, 3.8) is 0 Å². The minimum Gasteiger partial charge on any atom is -0.506 e. The third-order valence-corrected chi connectivity index (χ3v) is 6.80. The van der Waals surface area contributed by atoms with Crippen molar-refractivity contribution in [1.82, 2.24) is 44.4 Å².